The van der Waals surface area contributed by atoms with Gasteiger partial charge < -0.3 is 4.90 Å². The van der Waals surface area contributed by atoms with E-state index >= 15 is 0 Å². The van der Waals surface area contributed by atoms with Crippen molar-refractivity contribution in [1.29, 1.82) is 0 Å². The van der Waals surface area contributed by atoms with Crippen LogP contribution in [0.25, 0.3) is 0 Å². The smallest absolute Gasteiger partial charge is 0.243 e. The molecule has 0 aliphatic carbocycles. The molecule has 2 aromatic carbocycles. The third kappa shape index (κ3) is 2.91. The predicted octanol–water partition coefficient (Wildman–Crippen LogP) is 3.12. The zero-order chi connectivity index (χ0) is 18.5. The van der Waals surface area contributed by atoms with Crippen LogP contribution in [0.5, 0.6) is 0 Å². The second-order valence-corrected chi connectivity index (χ2v) is 9.18. The summed E-state index contributed by atoms with van der Waals surface area (Å²) in [6.45, 7) is 0.674. The summed E-state index contributed by atoms with van der Waals surface area (Å²) in [5.41, 5.74) is 2.18. The first kappa shape index (κ1) is 17.8. The highest BCUT2D eigenvalue weighted by molar-refractivity contribution is 7.89. The van der Waals surface area contributed by atoms with Gasteiger partial charge in [-0.2, -0.15) is 4.31 Å². The van der Waals surface area contributed by atoms with Gasteiger partial charge in [0.2, 0.25) is 15.9 Å². The molecule has 8 heteroatoms. The lowest BCUT2D eigenvalue weighted by Crippen LogP contribution is -2.55. The van der Waals surface area contributed by atoms with Gasteiger partial charge >= 0.3 is 0 Å². The van der Waals surface area contributed by atoms with Gasteiger partial charge in [-0.05, 0) is 35.7 Å². The summed E-state index contributed by atoms with van der Waals surface area (Å²) in [5.74, 6) is -0.181. The summed E-state index contributed by atoms with van der Waals surface area (Å²) < 4.78 is 27.3. The first-order chi connectivity index (χ1) is 12.4. The summed E-state index contributed by atoms with van der Waals surface area (Å²) in [6.07, 6.45) is 0.790. The maximum absolute atomic E-state index is 13.0. The van der Waals surface area contributed by atoms with E-state index < -0.39 is 10.0 Å². The molecule has 1 saturated heterocycles. The molecule has 2 heterocycles. The van der Waals surface area contributed by atoms with Crippen LogP contribution in [0, 0.1) is 0 Å². The van der Waals surface area contributed by atoms with Crippen LogP contribution in [0.15, 0.2) is 47.4 Å². The lowest BCUT2D eigenvalue weighted by atomic mass is 9.91. The van der Waals surface area contributed by atoms with Crippen LogP contribution in [-0.4, -0.2) is 43.2 Å². The number of carbonyl (C=O) groups is 1. The Kier molecular flexibility index (Phi) is 4.47. The van der Waals surface area contributed by atoms with Gasteiger partial charge in [0.05, 0.1) is 27.5 Å². The summed E-state index contributed by atoms with van der Waals surface area (Å²) in [6, 6.07) is 11.8. The van der Waals surface area contributed by atoms with E-state index in [0.717, 1.165) is 17.5 Å². The molecule has 0 aromatic heterocycles. The Hall–Kier alpha value is -1.60. The molecule has 1 fully saturated rings. The highest BCUT2D eigenvalue weighted by atomic mass is 35.5. The zero-order valence-corrected chi connectivity index (χ0v) is 16.1. The van der Waals surface area contributed by atoms with Crippen LogP contribution in [0.4, 0.5) is 0 Å². The van der Waals surface area contributed by atoms with Crippen molar-refractivity contribution in [3.63, 3.8) is 0 Å². The molecular weight excluding hydrogens is 395 g/mol. The Morgan fingerprint density at radius 3 is 2.58 bits per heavy atom. The average molecular weight is 411 g/mol. The molecule has 0 saturated carbocycles. The van der Waals surface area contributed by atoms with Crippen molar-refractivity contribution < 1.29 is 13.2 Å². The lowest BCUT2D eigenvalue weighted by Gasteiger charge is -2.44. The molecular formula is C18H16Cl2N2O3S. The van der Waals surface area contributed by atoms with Crippen molar-refractivity contribution in [2.45, 2.75) is 17.4 Å². The normalized spacial score (nSPS) is 20.6. The predicted molar refractivity (Wildman–Crippen MR) is 99.8 cm³/mol. The molecule has 5 nitrogen and oxygen atoms in total. The molecule has 0 bridgehead atoms. The minimum absolute atomic E-state index is 0.0391. The number of piperazine rings is 1. The Balaban J connectivity index is 1.71. The zero-order valence-electron chi connectivity index (χ0n) is 13.7. The Morgan fingerprint density at radius 2 is 1.81 bits per heavy atom. The molecule has 2 aromatic rings. The van der Waals surface area contributed by atoms with Crippen molar-refractivity contribution in [1.82, 2.24) is 9.21 Å². The maximum Gasteiger partial charge on any atom is 0.243 e. The molecule has 0 radical (unpaired) electrons. The lowest BCUT2D eigenvalue weighted by molar-refractivity contribution is -0.138. The largest absolute Gasteiger partial charge is 0.333 e. The second kappa shape index (κ2) is 6.53. The van der Waals surface area contributed by atoms with Gasteiger partial charge in [-0.1, -0.05) is 47.5 Å². The molecule has 4 rings (SSSR count). The SMILES string of the molecule is O=C1CN(S(=O)(=O)c2ccc(Cl)c(Cl)c2)C[C@H]2c3ccccc3CCN12. The van der Waals surface area contributed by atoms with Crippen molar-refractivity contribution in [2.75, 3.05) is 19.6 Å². The summed E-state index contributed by atoms with van der Waals surface area (Å²) in [4.78, 5) is 14.4. The summed E-state index contributed by atoms with van der Waals surface area (Å²) in [5, 5.41) is 0.452. The molecule has 0 unspecified atom stereocenters. The van der Waals surface area contributed by atoms with E-state index in [0.29, 0.717) is 6.54 Å². The Bertz CT molecular complexity index is 994. The fraction of sp³-hybridized carbons (Fsp3) is 0.278. The van der Waals surface area contributed by atoms with Crippen molar-refractivity contribution in [3.05, 3.63) is 63.6 Å². The Labute approximate surface area is 162 Å². The maximum atomic E-state index is 13.0. The van der Waals surface area contributed by atoms with E-state index in [1.54, 1.807) is 4.90 Å². The number of sulfonamides is 1. The number of halogens is 2. The molecule has 1 atom stereocenters. The molecule has 26 heavy (non-hydrogen) atoms. The monoisotopic (exact) mass is 410 g/mol. The van der Waals surface area contributed by atoms with Crippen LogP contribution in [0.1, 0.15) is 17.2 Å². The Morgan fingerprint density at radius 1 is 1.04 bits per heavy atom. The van der Waals surface area contributed by atoms with Crippen LogP contribution in [0.2, 0.25) is 10.0 Å². The van der Waals surface area contributed by atoms with E-state index in [1.165, 1.54) is 22.5 Å². The van der Waals surface area contributed by atoms with Gasteiger partial charge in [0.25, 0.3) is 0 Å². The first-order valence-electron chi connectivity index (χ1n) is 8.20. The average Bonchev–Trinajstić information content (AvgIpc) is 2.63. The number of nitrogens with zero attached hydrogens (tertiary/aromatic N) is 2. The van der Waals surface area contributed by atoms with Gasteiger partial charge in [-0.3, -0.25) is 4.79 Å². The highest BCUT2D eigenvalue weighted by Crippen LogP contribution is 2.35. The standard InChI is InChI=1S/C18H16Cl2N2O3S/c19-15-6-5-13(9-16(15)20)26(24,25)21-10-17-14-4-2-1-3-12(14)7-8-22(17)18(23)11-21/h1-6,9,17H,7-8,10-11H2/t17-/m0/s1. The van der Waals surface area contributed by atoms with E-state index in [-0.39, 0.29) is 40.0 Å². The van der Waals surface area contributed by atoms with Crippen molar-refractivity contribution in [2.24, 2.45) is 0 Å². The minimum Gasteiger partial charge on any atom is -0.333 e. The van der Waals surface area contributed by atoms with Crippen molar-refractivity contribution >= 4 is 39.1 Å². The molecule has 1 amide bonds. The topological polar surface area (TPSA) is 57.7 Å². The van der Waals surface area contributed by atoms with Crippen LogP contribution >= 0.6 is 23.2 Å². The molecule has 2 aliphatic rings. The highest BCUT2D eigenvalue weighted by Gasteiger charge is 2.41. The second-order valence-electron chi connectivity index (χ2n) is 6.43. The van der Waals surface area contributed by atoms with Crippen LogP contribution < -0.4 is 0 Å². The molecule has 2 aliphatic heterocycles. The quantitative estimate of drug-likeness (QED) is 0.763. The van der Waals surface area contributed by atoms with E-state index in [2.05, 4.69) is 0 Å². The number of hydrogen-bond acceptors (Lipinski definition) is 3. The fourth-order valence-corrected chi connectivity index (χ4v) is 5.40. The first-order valence-corrected chi connectivity index (χ1v) is 10.4. The van der Waals surface area contributed by atoms with Gasteiger partial charge in [-0.25, -0.2) is 8.42 Å². The van der Waals surface area contributed by atoms with Gasteiger partial charge in [0.15, 0.2) is 0 Å². The third-order valence-electron chi connectivity index (χ3n) is 4.95. The van der Waals surface area contributed by atoms with Gasteiger partial charge in [0, 0.05) is 13.1 Å². The number of fused-ring (bicyclic) bond motifs is 3. The number of benzene rings is 2. The number of rotatable bonds is 2. The number of carbonyl (C=O) groups excluding carboxylic acids is 1. The minimum atomic E-state index is -3.84. The van der Waals surface area contributed by atoms with Crippen molar-refractivity contribution in [3.8, 4) is 0 Å². The van der Waals surface area contributed by atoms with E-state index in [9.17, 15) is 13.2 Å². The summed E-state index contributed by atoms with van der Waals surface area (Å²) >= 11 is 11.9. The molecule has 0 spiro atoms. The number of hydrogen-bond donors (Lipinski definition) is 0. The summed E-state index contributed by atoms with van der Waals surface area (Å²) in [7, 11) is -3.84. The van der Waals surface area contributed by atoms with E-state index in [4.69, 9.17) is 23.2 Å². The van der Waals surface area contributed by atoms with Crippen LogP contribution in [0.3, 0.4) is 0 Å². The molecule has 136 valence electrons. The fourth-order valence-electron chi connectivity index (χ4n) is 3.62. The van der Waals surface area contributed by atoms with E-state index in [1.807, 2.05) is 24.3 Å². The molecule has 0 N–H and O–H groups in total. The third-order valence-corrected chi connectivity index (χ3v) is 7.50. The number of amides is 1. The van der Waals surface area contributed by atoms with Gasteiger partial charge in [-0.15, -0.1) is 0 Å². The van der Waals surface area contributed by atoms with Crippen LogP contribution in [-0.2, 0) is 21.2 Å². The van der Waals surface area contributed by atoms with Gasteiger partial charge in [0.1, 0.15) is 0 Å².